The van der Waals surface area contributed by atoms with Crippen LogP contribution >= 0.6 is 23.6 Å². The Balaban J connectivity index is 1.88. The molecule has 0 bridgehead atoms. The monoisotopic (exact) mass is 300 g/mol. The number of rotatable bonds is 7. The molecule has 0 fully saturated rings. The van der Waals surface area contributed by atoms with Crippen LogP contribution in [0.4, 0.5) is 0 Å². The average molecular weight is 300 g/mol. The SMILES string of the molecule is OCCNCC(O)COc1ccc2sc(=S)[nH]c2c1. The summed E-state index contributed by atoms with van der Waals surface area (Å²) >= 11 is 6.59. The van der Waals surface area contributed by atoms with E-state index in [0.717, 1.165) is 14.2 Å². The summed E-state index contributed by atoms with van der Waals surface area (Å²) in [6.45, 7) is 1.12. The minimum absolute atomic E-state index is 0.0572. The Kier molecular flexibility index (Phi) is 5.29. The minimum atomic E-state index is -0.608. The van der Waals surface area contributed by atoms with Crippen molar-refractivity contribution in [2.45, 2.75) is 6.10 Å². The number of hydrogen-bond acceptors (Lipinski definition) is 6. The molecule has 0 saturated carbocycles. The molecule has 1 aromatic carbocycles. The molecule has 1 atom stereocenters. The molecular weight excluding hydrogens is 284 g/mol. The fourth-order valence-corrected chi connectivity index (χ4v) is 2.72. The highest BCUT2D eigenvalue weighted by Crippen LogP contribution is 2.24. The molecule has 1 aromatic heterocycles. The molecule has 104 valence electrons. The molecule has 19 heavy (non-hydrogen) atoms. The number of hydrogen-bond donors (Lipinski definition) is 4. The highest BCUT2D eigenvalue weighted by Gasteiger charge is 2.05. The molecule has 0 aliphatic carbocycles. The lowest BCUT2D eigenvalue weighted by Gasteiger charge is -2.12. The van der Waals surface area contributed by atoms with Crippen LogP contribution in [0.25, 0.3) is 10.2 Å². The normalized spacial score (nSPS) is 12.7. The molecule has 1 heterocycles. The number of benzene rings is 1. The standard InChI is InChI=1S/C12H16N2O3S2/c15-4-3-13-6-8(16)7-17-9-1-2-11-10(5-9)14-12(18)19-11/h1-2,5,8,13,15-16H,3-4,6-7H2,(H,14,18). The summed E-state index contributed by atoms with van der Waals surface area (Å²) in [5.74, 6) is 0.692. The maximum Gasteiger partial charge on any atom is 0.159 e. The second kappa shape index (κ2) is 6.97. The zero-order valence-electron chi connectivity index (χ0n) is 10.3. The van der Waals surface area contributed by atoms with Gasteiger partial charge in [-0.05, 0) is 24.4 Å². The summed E-state index contributed by atoms with van der Waals surface area (Å²) in [6, 6.07) is 5.67. The number of H-pyrrole nitrogens is 1. The van der Waals surface area contributed by atoms with Crippen molar-refractivity contribution in [3.63, 3.8) is 0 Å². The van der Waals surface area contributed by atoms with Gasteiger partial charge in [0.1, 0.15) is 18.5 Å². The fourth-order valence-electron chi connectivity index (χ4n) is 1.62. The minimum Gasteiger partial charge on any atom is -0.491 e. The Hall–Kier alpha value is -0.990. The van der Waals surface area contributed by atoms with Crippen molar-refractivity contribution >= 4 is 33.8 Å². The van der Waals surface area contributed by atoms with Crippen LogP contribution in [0.1, 0.15) is 0 Å². The van der Waals surface area contributed by atoms with Crippen LogP contribution in [0.3, 0.4) is 0 Å². The third-order valence-electron chi connectivity index (χ3n) is 2.50. The number of nitrogens with one attached hydrogen (secondary N) is 2. The summed E-state index contributed by atoms with van der Waals surface area (Å²) in [4.78, 5) is 3.08. The van der Waals surface area contributed by atoms with E-state index in [0.29, 0.717) is 18.8 Å². The first-order valence-corrected chi connectivity index (χ1v) is 7.17. The predicted octanol–water partition coefficient (Wildman–Crippen LogP) is 1.28. The van der Waals surface area contributed by atoms with E-state index >= 15 is 0 Å². The van der Waals surface area contributed by atoms with Crippen LogP contribution in [0.15, 0.2) is 18.2 Å². The lowest BCUT2D eigenvalue weighted by atomic mass is 10.3. The number of fused-ring (bicyclic) bond motifs is 1. The van der Waals surface area contributed by atoms with Gasteiger partial charge in [-0.3, -0.25) is 0 Å². The molecule has 0 spiro atoms. The van der Waals surface area contributed by atoms with Crippen molar-refractivity contribution in [2.24, 2.45) is 0 Å². The Labute approximate surface area is 119 Å². The quantitative estimate of drug-likeness (QED) is 0.458. The lowest BCUT2D eigenvalue weighted by Crippen LogP contribution is -2.32. The van der Waals surface area contributed by atoms with Gasteiger partial charge in [-0.25, -0.2) is 0 Å². The van der Waals surface area contributed by atoms with Gasteiger partial charge in [0, 0.05) is 19.2 Å². The van der Waals surface area contributed by atoms with Gasteiger partial charge in [0.05, 0.1) is 16.8 Å². The number of aromatic amines is 1. The van der Waals surface area contributed by atoms with E-state index in [2.05, 4.69) is 10.3 Å². The first kappa shape index (κ1) is 14.4. The molecule has 4 N–H and O–H groups in total. The first-order valence-electron chi connectivity index (χ1n) is 5.94. The first-order chi connectivity index (χ1) is 9.19. The van der Waals surface area contributed by atoms with Crippen LogP contribution in [-0.2, 0) is 0 Å². The van der Waals surface area contributed by atoms with Crippen LogP contribution in [0.2, 0.25) is 0 Å². The number of ether oxygens (including phenoxy) is 1. The highest BCUT2D eigenvalue weighted by molar-refractivity contribution is 7.73. The Morgan fingerprint density at radius 3 is 3.11 bits per heavy atom. The van der Waals surface area contributed by atoms with Crippen LogP contribution in [-0.4, -0.2) is 47.6 Å². The lowest BCUT2D eigenvalue weighted by molar-refractivity contribution is 0.105. The maximum atomic E-state index is 9.66. The van der Waals surface area contributed by atoms with Crippen molar-refractivity contribution in [2.75, 3.05) is 26.3 Å². The Morgan fingerprint density at radius 2 is 2.32 bits per heavy atom. The van der Waals surface area contributed by atoms with E-state index in [1.165, 1.54) is 11.3 Å². The smallest absolute Gasteiger partial charge is 0.159 e. The van der Waals surface area contributed by atoms with E-state index in [4.69, 9.17) is 22.1 Å². The molecule has 1 unspecified atom stereocenters. The summed E-state index contributed by atoms with van der Waals surface area (Å²) in [7, 11) is 0. The van der Waals surface area contributed by atoms with Crippen LogP contribution < -0.4 is 10.1 Å². The van der Waals surface area contributed by atoms with Gasteiger partial charge in [-0.2, -0.15) is 0 Å². The van der Waals surface area contributed by atoms with Crippen molar-refractivity contribution in [3.8, 4) is 5.75 Å². The van der Waals surface area contributed by atoms with Crippen LogP contribution in [0.5, 0.6) is 5.75 Å². The van der Waals surface area contributed by atoms with Crippen molar-refractivity contribution in [1.29, 1.82) is 0 Å². The largest absolute Gasteiger partial charge is 0.491 e. The predicted molar refractivity (Wildman–Crippen MR) is 78.5 cm³/mol. The van der Waals surface area contributed by atoms with Crippen molar-refractivity contribution < 1.29 is 14.9 Å². The molecule has 7 heteroatoms. The zero-order valence-corrected chi connectivity index (χ0v) is 11.9. The van der Waals surface area contributed by atoms with Crippen molar-refractivity contribution in [3.05, 3.63) is 22.2 Å². The highest BCUT2D eigenvalue weighted by atomic mass is 32.1. The summed E-state index contributed by atoms with van der Waals surface area (Å²) in [6.07, 6.45) is -0.608. The molecule has 0 aliphatic heterocycles. The summed E-state index contributed by atoms with van der Waals surface area (Å²) < 4.78 is 7.34. The molecule has 0 radical (unpaired) electrons. The second-order valence-electron chi connectivity index (χ2n) is 4.07. The third-order valence-corrected chi connectivity index (χ3v) is 3.72. The molecule has 0 amide bonds. The Bertz CT molecular complexity index is 582. The third kappa shape index (κ3) is 4.26. The summed E-state index contributed by atoms with van der Waals surface area (Å²) in [5.41, 5.74) is 0.945. The molecule has 0 aliphatic rings. The van der Waals surface area contributed by atoms with E-state index in [1.54, 1.807) is 0 Å². The van der Waals surface area contributed by atoms with Gasteiger partial charge in [-0.1, -0.05) is 0 Å². The molecular formula is C12H16N2O3S2. The molecule has 2 aromatic rings. The Morgan fingerprint density at radius 1 is 1.47 bits per heavy atom. The summed E-state index contributed by atoms with van der Waals surface area (Å²) in [5, 5.41) is 21.2. The number of aromatic nitrogens is 1. The van der Waals surface area contributed by atoms with Gasteiger partial charge in [0.2, 0.25) is 0 Å². The molecule has 5 nitrogen and oxygen atoms in total. The van der Waals surface area contributed by atoms with Gasteiger partial charge in [0.15, 0.2) is 3.95 Å². The number of aliphatic hydroxyl groups excluding tert-OH is 2. The van der Waals surface area contributed by atoms with E-state index in [1.807, 2.05) is 18.2 Å². The van der Waals surface area contributed by atoms with E-state index in [9.17, 15) is 5.11 Å². The molecule has 2 rings (SSSR count). The zero-order chi connectivity index (χ0) is 13.7. The van der Waals surface area contributed by atoms with E-state index < -0.39 is 6.10 Å². The van der Waals surface area contributed by atoms with Crippen LogP contribution in [0, 0.1) is 3.95 Å². The average Bonchev–Trinajstić information content (AvgIpc) is 2.76. The maximum absolute atomic E-state index is 9.66. The topological polar surface area (TPSA) is 77.5 Å². The van der Waals surface area contributed by atoms with Gasteiger partial charge < -0.3 is 25.3 Å². The number of aliphatic hydroxyl groups is 2. The van der Waals surface area contributed by atoms with Gasteiger partial charge in [-0.15, -0.1) is 11.3 Å². The second-order valence-corrected chi connectivity index (χ2v) is 5.78. The van der Waals surface area contributed by atoms with Gasteiger partial charge in [0.25, 0.3) is 0 Å². The molecule has 0 saturated heterocycles. The number of thiazole rings is 1. The van der Waals surface area contributed by atoms with Gasteiger partial charge >= 0.3 is 0 Å². The fraction of sp³-hybridized carbons (Fsp3) is 0.417. The van der Waals surface area contributed by atoms with Crippen molar-refractivity contribution in [1.82, 2.24) is 10.3 Å². The van der Waals surface area contributed by atoms with E-state index in [-0.39, 0.29) is 13.2 Å².